The van der Waals surface area contributed by atoms with Crippen LogP contribution in [0.15, 0.2) is 51.7 Å². The minimum atomic E-state index is -0.243. The van der Waals surface area contributed by atoms with Crippen LogP contribution in [0.1, 0.15) is 23.8 Å². The van der Waals surface area contributed by atoms with E-state index < -0.39 is 0 Å². The van der Waals surface area contributed by atoms with Crippen LogP contribution in [0.3, 0.4) is 0 Å². The van der Waals surface area contributed by atoms with Gasteiger partial charge in [0.2, 0.25) is 0 Å². The molecule has 0 radical (unpaired) electrons. The Bertz CT molecular complexity index is 1000. The second kappa shape index (κ2) is 8.08. The van der Waals surface area contributed by atoms with Crippen molar-refractivity contribution in [2.24, 2.45) is 5.92 Å². The maximum Gasteiger partial charge on any atom is 0.196 e. The van der Waals surface area contributed by atoms with E-state index in [1.54, 1.807) is 20.1 Å². The molecular formula is C22H22O5. The average Bonchev–Trinajstić information content (AvgIpc) is 2.67. The maximum absolute atomic E-state index is 12.7. The first-order valence-electron chi connectivity index (χ1n) is 8.79. The highest BCUT2D eigenvalue weighted by atomic mass is 16.5. The summed E-state index contributed by atoms with van der Waals surface area (Å²) in [6, 6.07) is 12.8. The number of fused-ring (bicyclic) bond motifs is 1. The molecule has 1 aromatic heterocycles. The molecule has 0 saturated heterocycles. The number of methoxy groups -OCH3 is 1. The summed E-state index contributed by atoms with van der Waals surface area (Å²) in [4.78, 5) is 23.9. The van der Waals surface area contributed by atoms with E-state index in [2.05, 4.69) is 0 Å². The van der Waals surface area contributed by atoms with Crippen molar-refractivity contribution in [1.82, 2.24) is 0 Å². The van der Waals surface area contributed by atoms with Gasteiger partial charge in [-0.1, -0.05) is 37.3 Å². The molecule has 0 saturated carbocycles. The summed E-state index contributed by atoms with van der Waals surface area (Å²) in [5.41, 5.74) is 1.89. The molecule has 3 rings (SSSR count). The third kappa shape index (κ3) is 4.03. The molecule has 1 unspecified atom stereocenters. The molecule has 3 aromatic rings. The van der Waals surface area contributed by atoms with Crippen LogP contribution in [-0.2, 0) is 17.8 Å². The molecule has 1 heterocycles. The predicted octanol–water partition coefficient (Wildman–Crippen LogP) is 4.07. The van der Waals surface area contributed by atoms with Crippen molar-refractivity contribution in [3.8, 4) is 11.5 Å². The summed E-state index contributed by atoms with van der Waals surface area (Å²) in [5.74, 6) is 1.22. The van der Waals surface area contributed by atoms with Gasteiger partial charge in [0.25, 0.3) is 0 Å². The zero-order valence-corrected chi connectivity index (χ0v) is 15.7. The molecule has 5 heteroatoms. The number of ether oxygens (including phenoxy) is 2. The van der Waals surface area contributed by atoms with Gasteiger partial charge in [-0.3, -0.25) is 4.79 Å². The Morgan fingerprint density at radius 1 is 1.19 bits per heavy atom. The van der Waals surface area contributed by atoms with E-state index in [9.17, 15) is 9.59 Å². The standard InChI is InChI=1S/C22H22O5/c1-14(12-23)9-17-19(25-3)11-20-21(18(24)10-15(2)27-20)22(17)26-13-16-7-5-4-6-8-16/h4-8,10-12,14H,9,13H2,1-3H3. The number of hydrogen-bond donors (Lipinski definition) is 0. The molecule has 140 valence electrons. The molecule has 0 amide bonds. The Balaban J connectivity index is 2.19. The van der Waals surface area contributed by atoms with Crippen LogP contribution in [0.4, 0.5) is 0 Å². The smallest absolute Gasteiger partial charge is 0.196 e. The van der Waals surface area contributed by atoms with Gasteiger partial charge in [0, 0.05) is 23.6 Å². The maximum atomic E-state index is 12.7. The van der Waals surface area contributed by atoms with Gasteiger partial charge in [-0.25, -0.2) is 0 Å². The van der Waals surface area contributed by atoms with Gasteiger partial charge in [0.15, 0.2) is 5.43 Å². The Kier molecular flexibility index (Phi) is 5.60. The summed E-state index contributed by atoms with van der Waals surface area (Å²) in [6.45, 7) is 3.83. The van der Waals surface area contributed by atoms with Crippen molar-refractivity contribution in [1.29, 1.82) is 0 Å². The van der Waals surface area contributed by atoms with Gasteiger partial charge in [-0.05, 0) is 18.9 Å². The van der Waals surface area contributed by atoms with E-state index >= 15 is 0 Å². The van der Waals surface area contributed by atoms with Crippen molar-refractivity contribution in [2.75, 3.05) is 7.11 Å². The summed E-state index contributed by atoms with van der Waals surface area (Å²) in [5, 5.41) is 0.366. The number of hydrogen-bond acceptors (Lipinski definition) is 5. The topological polar surface area (TPSA) is 65.7 Å². The molecule has 0 aliphatic carbocycles. The van der Waals surface area contributed by atoms with E-state index in [0.717, 1.165) is 11.8 Å². The summed E-state index contributed by atoms with van der Waals surface area (Å²) in [7, 11) is 1.55. The van der Waals surface area contributed by atoms with E-state index in [1.807, 2.05) is 37.3 Å². The molecule has 0 aliphatic heterocycles. The largest absolute Gasteiger partial charge is 0.496 e. The van der Waals surface area contributed by atoms with Gasteiger partial charge in [-0.15, -0.1) is 0 Å². The average molecular weight is 366 g/mol. The normalized spacial score (nSPS) is 12.0. The second-order valence-electron chi connectivity index (χ2n) is 6.57. The molecule has 2 aromatic carbocycles. The number of rotatable bonds is 7. The number of carbonyl (C=O) groups is 1. The van der Waals surface area contributed by atoms with E-state index in [-0.39, 0.29) is 11.3 Å². The minimum Gasteiger partial charge on any atom is -0.496 e. The van der Waals surface area contributed by atoms with Crippen molar-refractivity contribution in [3.63, 3.8) is 0 Å². The highest BCUT2D eigenvalue weighted by Crippen LogP contribution is 2.37. The molecule has 1 atom stereocenters. The Hall–Kier alpha value is -3.08. The first-order valence-corrected chi connectivity index (χ1v) is 8.79. The van der Waals surface area contributed by atoms with Crippen molar-refractivity contribution >= 4 is 17.3 Å². The third-order valence-electron chi connectivity index (χ3n) is 4.36. The molecule has 27 heavy (non-hydrogen) atoms. The minimum absolute atomic E-state index is 0.181. The van der Waals surface area contributed by atoms with Crippen molar-refractivity contribution in [2.45, 2.75) is 26.9 Å². The van der Waals surface area contributed by atoms with Gasteiger partial charge >= 0.3 is 0 Å². The quantitative estimate of drug-likeness (QED) is 0.590. The lowest BCUT2D eigenvalue weighted by Crippen LogP contribution is -2.11. The monoisotopic (exact) mass is 366 g/mol. The lowest BCUT2D eigenvalue weighted by Gasteiger charge is -2.18. The van der Waals surface area contributed by atoms with Gasteiger partial charge in [0.1, 0.15) is 41.1 Å². The summed E-state index contributed by atoms with van der Waals surface area (Å²) >= 11 is 0. The van der Waals surface area contributed by atoms with Crippen LogP contribution in [0.2, 0.25) is 0 Å². The second-order valence-corrected chi connectivity index (χ2v) is 6.57. The van der Waals surface area contributed by atoms with Crippen LogP contribution in [-0.4, -0.2) is 13.4 Å². The van der Waals surface area contributed by atoms with E-state index in [0.29, 0.717) is 46.8 Å². The van der Waals surface area contributed by atoms with Crippen LogP contribution in [0.25, 0.3) is 11.0 Å². The Morgan fingerprint density at radius 3 is 2.59 bits per heavy atom. The van der Waals surface area contributed by atoms with Crippen LogP contribution < -0.4 is 14.9 Å². The lowest BCUT2D eigenvalue weighted by atomic mass is 9.98. The third-order valence-corrected chi connectivity index (χ3v) is 4.36. The Labute approximate surface area is 157 Å². The molecule has 0 N–H and O–H groups in total. The summed E-state index contributed by atoms with van der Waals surface area (Å²) in [6.07, 6.45) is 1.28. The zero-order valence-electron chi connectivity index (χ0n) is 15.7. The highest BCUT2D eigenvalue weighted by molar-refractivity contribution is 5.87. The predicted molar refractivity (Wildman–Crippen MR) is 103 cm³/mol. The van der Waals surface area contributed by atoms with Crippen LogP contribution >= 0.6 is 0 Å². The van der Waals surface area contributed by atoms with Gasteiger partial charge in [-0.2, -0.15) is 0 Å². The molecular weight excluding hydrogens is 344 g/mol. The number of aldehydes is 1. The first kappa shape index (κ1) is 18.7. The Morgan fingerprint density at radius 2 is 1.93 bits per heavy atom. The van der Waals surface area contributed by atoms with Crippen LogP contribution in [0, 0.1) is 12.8 Å². The first-order chi connectivity index (χ1) is 13.0. The van der Waals surface area contributed by atoms with Gasteiger partial charge in [0.05, 0.1) is 7.11 Å². The SMILES string of the molecule is COc1cc2oc(C)cc(=O)c2c(OCc2ccccc2)c1CC(C)C=O. The molecule has 0 aliphatic rings. The zero-order chi connectivity index (χ0) is 19.4. The molecule has 5 nitrogen and oxygen atoms in total. The van der Waals surface area contributed by atoms with Crippen molar-refractivity contribution < 1.29 is 18.7 Å². The van der Waals surface area contributed by atoms with E-state index in [4.69, 9.17) is 13.9 Å². The lowest BCUT2D eigenvalue weighted by molar-refractivity contribution is -0.110. The molecule has 0 bridgehead atoms. The fourth-order valence-corrected chi connectivity index (χ4v) is 3.06. The fraction of sp³-hybridized carbons (Fsp3) is 0.273. The number of benzene rings is 2. The number of carbonyl (C=O) groups excluding carboxylic acids is 1. The van der Waals surface area contributed by atoms with Crippen molar-refractivity contribution in [3.05, 3.63) is 69.6 Å². The van der Waals surface area contributed by atoms with Crippen LogP contribution in [0.5, 0.6) is 11.5 Å². The fourth-order valence-electron chi connectivity index (χ4n) is 3.06. The number of aryl methyl sites for hydroxylation is 1. The van der Waals surface area contributed by atoms with Gasteiger partial charge < -0.3 is 18.7 Å². The molecule has 0 spiro atoms. The van der Waals surface area contributed by atoms with E-state index in [1.165, 1.54) is 6.07 Å². The summed E-state index contributed by atoms with van der Waals surface area (Å²) < 4.78 is 17.3. The highest BCUT2D eigenvalue weighted by Gasteiger charge is 2.21. The molecule has 0 fully saturated rings.